The van der Waals surface area contributed by atoms with Crippen LogP contribution < -0.4 is 4.74 Å². The fourth-order valence-electron chi connectivity index (χ4n) is 1.25. The van der Waals surface area contributed by atoms with Gasteiger partial charge in [0.25, 0.3) is 0 Å². The molecule has 0 bridgehead atoms. The van der Waals surface area contributed by atoms with Gasteiger partial charge in [-0.1, -0.05) is 23.8 Å². The minimum Gasteiger partial charge on any atom is -0.496 e. The largest absolute Gasteiger partial charge is 0.496 e. The Balaban J connectivity index is 2.71. The van der Waals surface area contributed by atoms with Crippen LogP contribution in [0.15, 0.2) is 24.3 Å². The molecule has 1 aromatic carbocycles. The lowest BCUT2D eigenvalue weighted by molar-refractivity contribution is -0.136. The molecule has 0 spiro atoms. The number of methoxy groups -OCH3 is 1. The van der Waals surface area contributed by atoms with Gasteiger partial charge >= 0.3 is 5.97 Å². The van der Waals surface area contributed by atoms with Gasteiger partial charge in [0.2, 0.25) is 0 Å². The lowest BCUT2D eigenvalue weighted by atomic mass is 10.1. The predicted molar refractivity (Wildman–Crippen MR) is 63.9 cm³/mol. The highest BCUT2D eigenvalue weighted by Gasteiger charge is 2.00. The van der Waals surface area contributed by atoms with Gasteiger partial charge in [-0.25, -0.2) is 0 Å². The molecule has 0 aliphatic carbocycles. The maximum absolute atomic E-state index is 10.3. The van der Waals surface area contributed by atoms with E-state index < -0.39 is 5.97 Å². The van der Waals surface area contributed by atoms with Crippen LogP contribution in [-0.2, 0) is 4.79 Å². The lowest BCUT2D eigenvalue weighted by Crippen LogP contribution is -1.91. The number of hydrogen-bond acceptors (Lipinski definition) is 2. The zero-order valence-electron chi connectivity index (χ0n) is 8.94. The molecule has 1 aromatic rings. The first-order valence-corrected chi connectivity index (χ1v) is 5.23. The van der Waals surface area contributed by atoms with Gasteiger partial charge in [0.05, 0.1) is 7.11 Å². The summed E-state index contributed by atoms with van der Waals surface area (Å²) in [6, 6.07) is 5.30. The number of hydrogen-bond donors (Lipinski definition) is 1. The van der Waals surface area contributed by atoms with Crippen LogP contribution in [0.5, 0.6) is 5.75 Å². The van der Waals surface area contributed by atoms with Crippen molar-refractivity contribution < 1.29 is 14.6 Å². The van der Waals surface area contributed by atoms with Crippen molar-refractivity contribution in [2.45, 2.75) is 12.8 Å². The molecular formula is C12H13ClO3. The Morgan fingerprint density at radius 3 is 2.94 bits per heavy atom. The van der Waals surface area contributed by atoms with Gasteiger partial charge in [-0.2, -0.15) is 0 Å². The first-order chi connectivity index (χ1) is 7.63. The molecule has 0 saturated heterocycles. The number of ether oxygens (including phenoxy) is 1. The van der Waals surface area contributed by atoms with Crippen LogP contribution in [0, 0.1) is 0 Å². The fraction of sp³-hybridized carbons (Fsp3) is 0.250. The zero-order chi connectivity index (χ0) is 12.0. The summed E-state index contributed by atoms with van der Waals surface area (Å²) < 4.78 is 5.15. The Morgan fingerprint density at radius 1 is 1.56 bits per heavy atom. The minimum absolute atomic E-state index is 0.124. The molecule has 0 unspecified atom stereocenters. The van der Waals surface area contributed by atoms with Gasteiger partial charge in [0, 0.05) is 17.0 Å². The maximum atomic E-state index is 10.3. The second-order valence-electron chi connectivity index (χ2n) is 3.22. The van der Waals surface area contributed by atoms with Gasteiger partial charge in [0.15, 0.2) is 0 Å². The van der Waals surface area contributed by atoms with Crippen LogP contribution in [0.25, 0.3) is 6.08 Å². The molecule has 3 nitrogen and oxygen atoms in total. The summed E-state index contributed by atoms with van der Waals surface area (Å²) in [5.41, 5.74) is 0.848. The van der Waals surface area contributed by atoms with E-state index in [1.807, 2.05) is 6.08 Å². The SMILES string of the molecule is COc1ccc(Cl)cc1/C=C/CCC(=O)O. The summed E-state index contributed by atoms with van der Waals surface area (Å²) >= 11 is 5.85. The Hall–Kier alpha value is -1.48. The van der Waals surface area contributed by atoms with Crippen LogP contribution in [0.2, 0.25) is 5.02 Å². The van der Waals surface area contributed by atoms with Crippen molar-refractivity contribution in [3.63, 3.8) is 0 Å². The number of benzene rings is 1. The monoisotopic (exact) mass is 240 g/mol. The van der Waals surface area contributed by atoms with E-state index in [9.17, 15) is 4.79 Å². The summed E-state index contributed by atoms with van der Waals surface area (Å²) in [4.78, 5) is 10.3. The molecule has 0 saturated carbocycles. The molecule has 0 radical (unpaired) electrons. The van der Waals surface area contributed by atoms with Gasteiger partial charge in [-0.3, -0.25) is 4.79 Å². The molecule has 0 aliphatic rings. The predicted octanol–water partition coefficient (Wildman–Crippen LogP) is 3.23. The summed E-state index contributed by atoms with van der Waals surface area (Å²) in [6.07, 6.45) is 4.22. The van der Waals surface area contributed by atoms with Crippen molar-refractivity contribution in [1.29, 1.82) is 0 Å². The number of rotatable bonds is 5. The molecule has 0 amide bonds. The van der Waals surface area contributed by atoms with E-state index in [1.165, 1.54) is 0 Å². The number of allylic oxidation sites excluding steroid dienone is 1. The molecule has 0 aliphatic heterocycles. The van der Waals surface area contributed by atoms with E-state index >= 15 is 0 Å². The van der Waals surface area contributed by atoms with Crippen LogP contribution in [0.3, 0.4) is 0 Å². The summed E-state index contributed by atoms with van der Waals surface area (Å²) in [7, 11) is 1.58. The van der Waals surface area contributed by atoms with Crippen LogP contribution in [0.1, 0.15) is 18.4 Å². The highest BCUT2D eigenvalue weighted by atomic mass is 35.5. The molecule has 0 atom stereocenters. The third-order valence-corrected chi connectivity index (χ3v) is 2.25. The molecule has 4 heteroatoms. The Bertz CT molecular complexity index is 399. The Morgan fingerprint density at radius 2 is 2.31 bits per heavy atom. The average molecular weight is 241 g/mol. The second kappa shape index (κ2) is 6.18. The van der Waals surface area contributed by atoms with E-state index in [1.54, 1.807) is 31.4 Å². The third kappa shape index (κ3) is 3.95. The fourth-order valence-corrected chi connectivity index (χ4v) is 1.43. The number of aliphatic carboxylic acids is 1. The highest BCUT2D eigenvalue weighted by molar-refractivity contribution is 6.30. The normalized spacial score (nSPS) is 10.6. The molecule has 1 N–H and O–H groups in total. The van der Waals surface area contributed by atoms with Gasteiger partial charge < -0.3 is 9.84 Å². The number of carboxylic acid groups (broad SMARTS) is 1. The van der Waals surface area contributed by atoms with Crippen molar-refractivity contribution in [3.8, 4) is 5.75 Å². The van der Waals surface area contributed by atoms with E-state index in [-0.39, 0.29) is 6.42 Å². The summed E-state index contributed by atoms with van der Waals surface area (Å²) in [5.74, 6) is -0.0846. The van der Waals surface area contributed by atoms with Crippen LogP contribution in [-0.4, -0.2) is 18.2 Å². The topological polar surface area (TPSA) is 46.5 Å². The minimum atomic E-state index is -0.803. The second-order valence-corrected chi connectivity index (χ2v) is 3.66. The third-order valence-electron chi connectivity index (χ3n) is 2.01. The number of carboxylic acids is 1. The molecule has 0 heterocycles. The first-order valence-electron chi connectivity index (χ1n) is 4.85. The molecule has 86 valence electrons. The molecule has 16 heavy (non-hydrogen) atoms. The molecule has 0 aromatic heterocycles. The number of carbonyl (C=O) groups is 1. The van der Waals surface area contributed by atoms with E-state index in [2.05, 4.69) is 0 Å². The van der Waals surface area contributed by atoms with Crippen LogP contribution >= 0.6 is 11.6 Å². The number of halogens is 1. The standard InChI is InChI=1S/C12H13ClO3/c1-16-11-7-6-10(13)8-9(11)4-2-3-5-12(14)15/h2,4,6-8H,3,5H2,1H3,(H,14,15)/b4-2+. The molecule has 1 rings (SSSR count). The summed E-state index contributed by atoms with van der Waals surface area (Å²) in [6.45, 7) is 0. The zero-order valence-corrected chi connectivity index (χ0v) is 9.70. The van der Waals surface area contributed by atoms with Crippen molar-refractivity contribution >= 4 is 23.6 Å². The Labute approximate surface area is 99.3 Å². The van der Waals surface area contributed by atoms with E-state index in [0.29, 0.717) is 11.4 Å². The van der Waals surface area contributed by atoms with Crippen LogP contribution in [0.4, 0.5) is 0 Å². The molecular weight excluding hydrogens is 228 g/mol. The Kier molecular flexibility index (Phi) is 4.86. The van der Waals surface area contributed by atoms with Crippen molar-refractivity contribution in [2.75, 3.05) is 7.11 Å². The maximum Gasteiger partial charge on any atom is 0.303 e. The van der Waals surface area contributed by atoms with Gasteiger partial charge in [-0.05, 0) is 24.6 Å². The quantitative estimate of drug-likeness (QED) is 0.860. The molecule has 0 fully saturated rings. The average Bonchev–Trinajstić information content (AvgIpc) is 2.24. The van der Waals surface area contributed by atoms with Crippen molar-refractivity contribution in [2.24, 2.45) is 0 Å². The highest BCUT2D eigenvalue weighted by Crippen LogP contribution is 2.23. The lowest BCUT2D eigenvalue weighted by Gasteiger charge is -2.04. The van der Waals surface area contributed by atoms with E-state index in [4.69, 9.17) is 21.4 Å². The van der Waals surface area contributed by atoms with Gasteiger partial charge in [0.1, 0.15) is 5.75 Å². The van der Waals surface area contributed by atoms with Gasteiger partial charge in [-0.15, -0.1) is 0 Å². The smallest absolute Gasteiger partial charge is 0.303 e. The van der Waals surface area contributed by atoms with Crippen molar-refractivity contribution in [3.05, 3.63) is 34.9 Å². The first kappa shape index (κ1) is 12.6. The summed E-state index contributed by atoms with van der Waals surface area (Å²) in [5, 5.41) is 9.10. The van der Waals surface area contributed by atoms with Crippen molar-refractivity contribution in [1.82, 2.24) is 0 Å². The van der Waals surface area contributed by atoms with E-state index in [0.717, 1.165) is 11.3 Å².